The van der Waals surface area contributed by atoms with Gasteiger partial charge in [-0.25, -0.2) is 0 Å². The summed E-state index contributed by atoms with van der Waals surface area (Å²) in [5.74, 6) is 1.97. The van der Waals surface area contributed by atoms with Crippen molar-refractivity contribution in [2.24, 2.45) is 0 Å². The number of unbranched alkanes of at least 4 members (excludes halogenated alkanes) is 4. The Labute approximate surface area is 120 Å². The molecule has 0 saturated carbocycles. The second-order valence-corrected chi connectivity index (χ2v) is 5.40. The summed E-state index contributed by atoms with van der Waals surface area (Å²) in [5.41, 5.74) is 0. The lowest BCUT2D eigenvalue weighted by Crippen LogP contribution is -2.27. The molecular formula is C16H31BO2. The van der Waals surface area contributed by atoms with Gasteiger partial charge in [-0.1, -0.05) is 50.4 Å². The van der Waals surface area contributed by atoms with Crippen LogP contribution < -0.4 is 0 Å². The van der Waals surface area contributed by atoms with Gasteiger partial charge in [-0.05, 0) is 40.5 Å². The Morgan fingerprint density at radius 1 is 0.895 bits per heavy atom. The smallest absolute Gasteiger partial charge is 0.405 e. The van der Waals surface area contributed by atoms with Gasteiger partial charge in [-0.3, -0.25) is 0 Å². The minimum Gasteiger partial charge on any atom is -0.405 e. The molecule has 19 heavy (non-hydrogen) atoms. The van der Waals surface area contributed by atoms with Crippen molar-refractivity contribution >= 4 is 7.12 Å². The summed E-state index contributed by atoms with van der Waals surface area (Å²) in [7, 11) is -0.246. The highest BCUT2D eigenvalue weighted by atomic mass is 16.6. The quantitative estimate of drug-likeness (QED) is 0.299. The van der Waals surface area contributed by atoms with Crippen molar-refractivity contribution in [3.05, 3.63) is 24.2 Å². The Morgan fingerprint density at radius 2 is 1.53 bits per heavy atom. The standard InChI is InChI=1S/C16H31BO2/c1-6-7-8-9-10-11-12-13-14-17(18-15(2)3)19-16(4)5/h11-16H,6-10H2,1-5H3/b12-11-,14-13+. The van der Waals surface area contributed by atoms with Crippen molar-refractivity contribution in [2.75, 3.05) is 0 Å². The molecule has 3 heteroatoms. The molecule has 0 aliphatic rings. The predicted octanol–water partition coefficient (Wildman–Crippen LogP) is 4.95. The highest BCUT2D eigenvalue weighted by molar-refractivity contribution is 6.50. The third-order valence-corrected chi connectivity index (χ3v) is 2.55. The largest absolute Gasteiger partial charge is 0.486 e. The van der Waals surface area contributed by atoms with Gasteiger partial charge in [0.05, 0.1) is 0 Å². The van der Waals surface area contributed by atoms with Gasteiger partial charge in [-0.2, -0.15) is 0 Å². The number of rotatable bonds is 11. The highest BCUT2D eigenvalue weighted by Gasteiger charge is 2.16. The summed E-state index contributed by atoms with van der Waals surface area (Å²) in [5, 5.41) is 0. The number of allylic oxidation sites excluding steroid dienone is 3. The summed E-state index contributed by atoms with van der Waals surface area (Å²) in [6, 6.07) is 0. The second kappa shape index (κ2) is 12.5. The average Bonchev–Trinajstić information content (AvgIpc) is 2.30. The van der Waals surface area contributed by atoms with Gasteiger partial charge in [0.2, 0.25) is 0 Å². The van der Waals surface area contributed by atoms with Crippen molar-refractivity contribution in [2.45, 2.75) is 78.9 Å². The topological polar surface area (TPSA) is 18.5 Å². The Kier molecular flexibility index (Phi) is 12.1. The molecule has 0 aromatic heterocycles. The maximum Gasteiger partial charge on any atom is 0.486 e. The maximum absolute atomic E-state index is 5.68. The van der Waals surface area contributed by atoms with Crippen molar-refractivity contribution in [3.63, 3.8) is 0 Å². The molecule has 0 aromatic rings. The van der Waals surface area contributed by atoms with E-state index in [1.165, 1.54) is 25.7 Å². The summed E-state index contributed by atoms with van der Waals surface area (Å²) in [4.78, 5) is 0. The lowest BCUT2D eigenvalue weighted by atomic mass is 9.88. The summed E-state index contributed by atoms with van der Waals surface area (Å²) in [6.45, 7) is 10.3. The van der Waals surface area contributed by atoms with Crippen LogP contribution in [0, 0.1) is 0 Å². The van der Waals surface area contributed by atoms with Crippen molar-refractivity contribution in [3.8, 4) is 0 Å². The summed E-state index contributed by atoms with van der Waals surface area (Å²) < 4.78 is 11.4. The van der Waals surface area contributed by atoms with Crippen LogP contribution in [0.5, 0.6) is 0 Å². The molecule has 0 fully saturated rings. The molecule has 0 rings (SSSR count). The molecule has 0 atom stereocenters. The van der Waals surface area contributed by atoms with E-state index in [4.69, 9.17) is 9.31 Å². The van der Waals surface area contributed by atoms with Gasteiger partial charge in [0.25, 0.3) is 0 Å². The molecule has 0 N–H and O–H groups in total. The van der Waals surface area contributed by atoms with Crippen molar-refractivity contribution < 1.29 is 9.31 Å². The minimum absolute atomic E-state index is 0.173. The van der Waals surface area contributed by atoms with Crippen molar-refractivity contribution in [1.82, 2.24) is 0 Å². The van der Waals surface area contributed by atoms with Crippen LogP contribution in [-0.2, 0) is 9.31 Å². The van der Waals surface area contributed by atoms with Crippen molar-refractivity contribution in [1.29, 1.82) is 0 Å². The molecule has 0 amide bonds. The molecule has 0 heterocycles. The monoisotopic (exact) mass is 266 g/mol. The van der Waals surface area contributed by atoms with E-state index in [1.807, 2.05) is 39.7 Å². The van der Waals surface area contributed by atoms with Crippen LogP contribution in [0.15, 0.2) is 24.2 Å². The molecule has 2 nitrogen and oxygen atoms in total. The van der Waals surface area contributed by atoms with E-state index in [-0.39, 0.29) is 19.3 Å². The third-order valence-electron chi connectivity index (χ3n) is 2.55. The van der Waals surface area contributed by atoms with E-state index < -0.39 is 0 Å². The van der Waals surface area contributed by atoms with Gasteiger partial charge in [0, 0.05) is 12.2 Å². The first-order valence-electron chi connectivity index (χ1n) is 7.70. The molecule has 0 bridgehead atoms. The Balaban J connectivity index is 3.91. The van der Waals surface area contributed by atoms with Crippen LogP contribution in [-0.4, -0.2) is 19.3 Å². The fraction of sp³-hybridized carbons (Fsp3) is 0.750. The van der Waals surface area contributed by atoms with Gasteiger partial charge in [-0.15, -0.1) is 0 Å². The lowest BCUT2D eigenvalue weighted by molar-refractivity contribution is 0.138. The van der Waals surface area contributed by atoms with Gasteiger partial charge < -0.3 is 9.31 Å². The first-order chi connectivity index (χ1) is 9.06. The van der Waals surface area contributed by atoms with Crippen LogP contribution in [0.4, 0.5) is 0 Å². The Morgan fingerprint density at radius 3 is 2.05 bits per heavy atom. The molecule has 110 valence electrons. The zero-order chi connectivity index (χ0) is 14.5. The summed E-state index contributed by atoms with van der Waals surface area (Å²) >= 11 is 0. The minimum atomic E-state index is -0.246. The highest BCUT2D eigenvalue weighted by Crippen LogP contribution is 2.04. The first kappa shape index (κ1) is 18.5. The van der Waals surface area contributed by atoms with E-state index in [9.17, 15) is 0 Å². The second-order valence-electron chi connectivity index (χ2n) is 5.40. The predicted molar refractivity (Wildman–Crippen MR) is 85.2 cm³/mol. The first-order valence-corrected chi connectivity index (χ1v) is 7.70. The SMILES string of the molecule is CCCCCC/C=C\C=C\B(OC(C)C)OC(C)C. The van der Waals surface area contributed by atoms with E-state index in [2.05, 4.69) is 19.1 Å². The van der Waals surface area contributed by atoms with E-state index in [1.54, 1.807) is 0 Å². The zero-order valence-electron chi connectivity index (χ0n) is 13.4. The molecule has 0 saturated heterocycles. The molecular weight excluding hydrogens is 235 g/mol. The third kappa shape index (κ3) is 13.7. The molecule has 0 aliphatic heterocycles. The van der Waals surface area contributed by atoms with Crippen LogP contribution >= 0.6 is 0 Å². The molecule has 0 unspecified atom stereocenters. The van der Waals surface area contributed by atoms with Crippen LogP contribution in [0.25, 0.3) is 0 Å². The van der Waals surface area contributed by atoms with Gasteiger partial charge in [0.15, 0.2) is 0 Å². The molecule has 0 aliphatic carbocycles. The summed E-state index contributed by atoms with van der Waals surface area (Å²) in [6.07, 6.45) is 13.1. The normalized spacial score (nSPS) is 12.4. The average molecular weight is 266 g/mol. The van der Waals surface area contributed by atoms with E-state index in [0.717, 1.165) is 6.42 Å². The lowest BCUT2D eigenvalue weighted by Gasteiger charge is -2.16. The Hall–Kier alpha value is -0.535. The fourth-order valence-electron chi connectivity index (χ4n) is 1.68. The molecule has 0 spiro atoms. The van der Waals surface area contributed by atoms with Crippen LogP contribution in [0.1, 0.15) is 66.7 Å². The van der Waals surface area contributed by atoms with E-state index >= 15 is 0 Å². The Bertz CT molecular complexity index is 237. The van der Waals surface area contributed by atoms with Gasteiger partial charge in [0.1, 0.15) is 0 Å². The molecule has 0 radical (unpaired) electrons. The van der Waals surface area contributed by atoms with Crippen LogP contribution in [0.3, 0.4) is 0 Å². The fourth-order valence-corrected chi connectivity index (χ4v) is 1.68. The number of hydrogen-bond donors (Lipinski definition) is 0. The van der Waals surface area contributed by atoms with E-state index in [0.29, 0.717) is 0 Å². The van der Waals surface area contributed by atoms with Crippen LogP contribution in [0.2, 0.25) is 0 Å². The zero-order valence-corrected chi connectivity index (χ0v) is 13.4. The maximum atomic E-state index is 5.68. The van der Waals surface area contributed by atoms with Gasteiger partial charge >= 0.3 is 7.12 Å². The molecule has 0 aromatic carbocycles. The number of hydrogen-bond acceptors (Lipinski definition) is 2.